The highest BCUT2D eigenvalue weighted by Crippen LogP contribution is 2.43. The Hall–Kier alpha value is -1.51. The lowest BCUT2D eigenvalue weighted by molar-refractivity contribution is -0.161. The van der Waals surface area contributed by atoms with Crippen LogP contribution in [0.5, 0.6) is 0 Å². The summed E-state index contributed by atoms with van der Waals surface area (Å²) in [6.07, 6.45) is 52.4. The molecule has 2 atom stereocenters. The van der Waals surface area contributed by atoms with Gasteiger partial charge in [-0.1, -0.05) is 218 Å². The topological polar surface area (TPSA) is 134 Å². The number of carbonyl (C=O) groups excluding carboxylic acids is 2. The van der Waals surface area contributed by atoms with Gasteiger partial charge in [-0.05, 0) is 44.9 Å². The van der Waals surface area contributed by atoms with Crippen molar-refractivity contribution in [3.8, 4) is 0 Å². The zero-order valence-electron chi connectivity index (χ0n) is 39.2. The van der Waals surface area contributed by atoms with Crippen LogP contribution in [0.15, 0.2) is 24.3 Å². The Kier molecular flexibility index (Phi) is 45.8. The zero-order chi connectivity index (χ0) is 43.9. The van der Waals surface area contributed by atoms with E-state index in [9.17, 15) is 19.0 Å². The van der Waals surface area contributed by atoms with Crippen molar-refractivity contribution in [2.45, 2.75) is 258 Å². The van der Waals surface area contributed by atoms with Gasteiger partial charge in [0.15, 0.2) is 6.10 Å². The van der Waals surface area contributed by atoms with Gasteiger partial charge < -0.3 is 20.1 Å². The first-order chi connectivity index (χ1) is 29.3. The van der Waals surface area contributed by atoms with E-state index in [0.717, 1.165) is 38.5 Å². The van der Waals surface area contributed by atoms with Crippen LogP contribution in [0, 0.1) is 0 Å². The van der Waals surface area contributed by atoms with Gasteiger partial charge in [0, 0.05) is 19.4 Å². The van der Waals surface area contributed by atoms with Crippen LogP contribution >= 0.6 is 7.82 Å². The number of phosphoric acid groups is 1. The third kappa shape index (κ3) is 46.0. The summed E-state index contributed by atoms with van der Waals surface area (Å²) in [5.41, 5.74) is 5.35. The van der Waals surface area contributed by atoms with E-state index >= 15 is 0 Å². The van der Waals surface area contributed by atoms with E-state index in [0.29, 0.717) is 6.42 Å². The molecule has 3 N–H and O–H groups in total. The van der Waals surface area contributed by atoms with Crippen molar-refractivity contribution < 1.29 is 37.6 Å². The second-order valence-corrected chi connectivity index (χ2v) is 18.5. The highest BCUT2D eigenvalue weighted by atomic mass is 31.2. The summed E-state index contributed by atoms with van der Waals surface area (Å²) >= 11 is 0. The third-order valence-corrected chi connectivity index (χ3v) is 12.1. The monoisotopic (exact) mass is 870 g/mol. The number of hydrogen-bond acceptors (Lipinski definition) is 8. The number of carbonyl (C=O) groups is 2. The molecule has 0 bridgehead atoms. The minimum atomic E-state index is -4.37. The van der Waals surface area contributed by atoms with Crippen LogP contribution < -0.4 is 5.73 Å². The van der Waals surface area contributed by atoms with Gasteiger partial charge in [0.05, 0.1) is 13.2 Å². The number of hydrogen-bond donors (Lipinski definition) is 2. The average Bonchev–Trinajstić information content (AvgIpc) is 3.24. The predicted octanol–water partition coefficient (Wildman–Crippen LogP) is 15.1. The van der Waals surface area contributed by atoms with E-state index in [1.807, 2.05) is 0 Å². The van der Waals surface area contributed by atoms with Crippen LogP contribution in [-0.2, 0) is 32.7 Å². The molecule has 60 heavy (non-hydrogen) atoms. The van der Waals surface area contributed by atoms with Crippen LogP contribution in [0.4, 0.5) is 0 Å². The highest BCUT2D eigenvalue weighted by Gasteiger charge is 2.26. The van der Waals surface area contributed by atoms with Crippen molar-refractivity contribution in [1.82, 2.24) is 0 Å². The second kappa shape index (κ2) is 47.0. The van der Waals surface area contributed by atoms with Crippen LogP contribution in [0.2, 0.25) is 0 Å². The number of ether oxygens (including phenoxy) is 2. The number of esters is 2. The maximum atomic E-state index is 12.6. The van der Waals surface area contributed by atoms with Gasteiger partial charge in [-0.2, -0.15) is 0 Å². The largest absolute Gasteiger partial charge is 0.472 e. The van der Waals surface area contributed by atoms with Gasteiger partial charge in [-0.25, -0.2) is 4.57 Å². The van der Waals surface area contributed by atoms with E-state index in [4.69, 9.17) is 24.3 Å². The zero-order valence-corrected chi connectivity index (χ0v) is 40.1. The maximum Gasteiger partial charge on any atom is 0.472 e. The SMILES string of the molecule is CCCCCCC/C=C\C/C=C\CCCCCCCCCCCCCCCCCCCC(=O)OC(COC(=O)CCCCCCCCCCCC)COP(=O)(O)OCCN. The Morgan fingerprint density at radius 3 is 1.27 bits per heavy atom. The Bertz CT molecular complexity index is 1040. The molecule has 0 aliphatic carbocycles. The van der Waals surface area contributed by atoms with Gasteiger partial charge >= 0.3 is 19.8 Å². The molecule has 0 aliphatic rings. The first kappa shape index (κ1) is 58.5. The fourth-order valence-electron chi connectivity index (χ4n) is 7.31. The molecule has 0 aromatic rings. The molecule has 354 valence electrons. The molecule has 10 heteroatoms. The summed E-state index contributed by atoms with van der Waals surface area (Å²) in [5.74, 6) is -0.818. The van der Waals surface area contributed by atoms with Crippen LogP contribution in [0.1, 0.15) is 251 Å². The summed E-state index contributed by atoms with van der Waals surface area (Å²) in [4.78, 5) is 34.9. The Balaban J connectivity index is 3.87. The molecule has 0 saturated heterocycles. The molecule has 9 nitrogen and oxygen atoms in total. The highest BCUT2D eigenvalue weighted by molar-refractivity contribution is 7.47. The fourth-order valence-corrected chi connectivity index (χ4v) is 8.08. The first-order valence-electron chi connectivity index (χ1n) is 25.3. The lowest BCUT2D eigenvalue weighted by Gasteiger charge is -2.19. The van der Waals surface area contributed by atoms with E-state index in [1.54, 1.807) is 0 Å². The molecule has 0 saturated carbocycles. The lowest BCUT2D eigenvalue weighted by atomic mass is 10.0. The molecule has 0 aromatic heterocycles. The summed E-state index contributed by atoms with van der Waals surface area (Å²) < 4.78 is 32.8. The lowest BCUT2D eigenvalue weighted by Crippen LogP contribution is -2.29. The van der Waals surface area contributed by atoms with Crippen molar-refractivity contribution in [1.29, 1.82) is 0 Å². The third-order valence-electron chi connectivity index (χ3n) is 11.1. The van der Waals surface area contributed by atoms with E-state index < -0.39 is 26.5 Å². The summed E-state index contributed by atoms with van der Waals surface area (Å²) in [6.45, 7) is 3.74. The van der Waals surface area contributed by atoms with Gasteiger partial charge in [-0.15, -0.1) is 0 Å². The molecule has 0 amide bonds. The molecule has 0 spiro atoms. The molecule has 0 radical (unpaired) electrons. The molecule has 0 rings (SSSR count). The van der Waals surface area contributed by atoms with Gasteiger partial charge in [-0.3, -0.25) is 18.6 Å². The molecule has 0 aliphatic heterocycles. The second-order valence-electron chi connectivity index (χ2n) is 17.0. The predicted molar refractivity (Wildman–Crippen MR) is 252 cm³/mol. The van der Waals surface area contributed by atoms with E-state index in [1.165, 1.54) is 180 Å². The molecule has 0 fully saturated rings. The van der Waals surface area contributed by atoms with Crippen LogP contribution in [0.3, 0.4) is 0 Å². The summed E-state index contributed by atoms with van der Waals surface area (Å²) in [6, 6.07) is 0. The smallest absolute Gasteiger partial charge is 0.462 e. The standard InChI is InChI=1S/C50H96NO8P/c1-3-5-7-9-11-13-15-16-17-18-19-20-21-22-23-24-25-26-27-28-29-30-31-32-33-35-37-39-41-43-50(53)59-48(47-58-60(54,55)57-45-44-51)46-56-49(52)42-40-38-36-34-14-12-10-8-6-4-2/h15-16,18-19,48H,3-14,17,20-47,51H2,1-2H3,(H,54,55)/b16-15-,19-18-. The Morgan fingerprint density at radius 1 is 0.500 bits per heavy atom. The number of allylic oxidation sites excluding steroid dienone is 4. The van der Waals surface area contributed by atoms with Crippen molar-refractivity contribution in [2.75, 3.05) is 26.4 Å². The summed E-state index contributed by atoms with van der Waals surface area (Å²) in [5, 5.41) is 0. The van der Waals surface area contributed by atoms with Crippen LogP contribution in [-0.4, -0.2) is 49.3 Å². The molecule has 0 heterocycles. The number of nitrogens with two attached hydrogens (primary N) is 1. The molecular weight excluding hydrogens is 774 g/mol. The Labute approximate surface area is 370 Å². The average molecular weight is 870 g/mol. The van der Waals surface area contributed by atoms with Gasteiger partial charge in [0.1, 0.15) is 6.61 Å². The minimum Gasteiger partial charge on any atom is -0.462 e. The normalized spacial score (nSPS) is 13.3. The quantitative estimate of drug-likeness (QED) is 0.0265. The van der Waals surface area contributed by atoms with Crippen molar-refractivity contribution in [3.63, 3.8) is 0 Å². The molecule has 0 aromatic carbocycles. The van der Waals surface area contributed by atoms with Crippen LogP contribution in [0.25, 0.3) is 0 Å². The molecular formula is C50H96NO8P. The van der Waals surface area contributed by atoms with E-state index in [2.05, 4.69) is 38.2 Å². The first-order valence-corrected chi connectivity index (χ1v) is 26.8. The molecule has 2 unspecified atom stereocenters. The van der Waals surface area contributed by atoms with Crippen molar-refractivity contribution >= 4 is 19.8 Å². The number of rotatable bonds is 48. The fraction of sp³-hybridized carbons (Fsp3) is 0.880. The van der Waals surface area contributed by atoms with Crippen molar-refractivity contribution in [2.24, 2.45) is 5.73 Å². The van der Waals surface area contributed by atoms with Crippen molar-refractivity contribution in [3.05, 3.63) is 24.3 Å². The van der Waals surface area contributed by atoms with Gasteiger partial charge in [0.25, 0.3) is 0 Å². The Morgan fingerprint density at radius 2 is 0.867 bits per heavy atom. The number of unbranched alkanes of at least 4 members (excludes halogenated alkanes) is 31. The van der Waals surface area contributed by atoms with E-state index in [-0.39, 0.29) is 38.6 Å². The number of phosphoric ester groups is 1. The summed E-state index contributed by atoms with van der Waals surface area (Å²) in [7, 11) is -4.37. The minimum absolute atomic E-state index is 0.0560. The maximum absolute atomic E-state index is 12.6. The van der Waals surface area contributed by atoms with Gasteiger partial charge in [0.2, 0.25) is 0 Å².